The molecular formula is C16H23ClN2O5. The molecule has 0 saturated heterocycles. The molecule has 1 aromatic carbocycles. The van der Waals surface area contributed by atoms with Gasteiger partial charge in [0.1, 0.15) is 0 Å². The van der Waals surface area contributed by atoms with Crippen LogP contribution in [-0.4, -0.2) is 62.0 Å². The Kier molecular flexibility index (Phi) is 9.14. The summed E-state index contributed by atoms with van der Waals surface area (Å²) in [4.78, 5) is 25.5. The van der Waals surface area contributed by atoms with Crippen molar-refractivity contribution in [1.29, 1.82) is 0 Å². The SMILES string of the molecule is COC(=O)C(C)CN(CCOCCO)C(=O)Nc1ccc(Cl)cc1. The summed E-state index contributed by atoms with van der Waals surface area (Å²) in [6, 6.07) is 6.35. The summed E-state index contributed by atoms with van der Waals surface area (Å²) in [5, 5.41) is 12.0. The molecule has 0 aliphatic carbocycles. The highest BCUT2D eigenvalue weighted by atomic mass is 35.5. The van der Waals surface area contributed by atoms with E-state index in [2.05, 4.69) is 5.32 Å². The van der Waals surface area contributed by atoms with Gasteiger partial charge in [-0.2, -0.15) is 0 Å². The van der Waals surface area contributed by atoms with Gasteiger partial charge >= 0.3 is 12.0 Å². The summed E-state index contributed by atoms with van der Waals surface area (Å²) in [5.74, 6) is -0.862. The number of carbonyl (C=O) groups is 2. The summed E-state index contributed by atoms with van der Waals surface area (Å²) in [6.07, 6.45) is 0. The number of aliphatic hydroxyl groups is 1. The van der Waals surface area contributed by atoms with Crippen LogP contribution in [0.5, 0.6) is 0 Å². The van der Waals surface area contributed by atoms with Crippen molar-refractivity contribution in [2.45, 2.75) is 6.92 Å². The van der Waals surface area contributed by atoms with Gasteiger partial charge in [-0.05, 0) is 24.3 Å². The van der Waals surface area contributed by atoms with Crippen LogP contribution < -0.4 is 5.32 Å². The summed E-state index contributed by atoms with van der Waals surface area (Å²) < 4.78 is 9.88. The van der Waals surface area contributed by atoms with Gasteiger partial charge in [-0.3, -0.25) is 4.79 Å². The quantitative estimate of drug-likeness (QED) is 0.520. The maximum Gasteiger partial charge on any atom is 0.321 e. The van der Waals surface area contributed by atoms with Crippen molar-refractivity contribution in [3.63, 3.8) is 0 Å². The van der Waals surface area contributed by atoms with Crippen LogP contribution in [0.2, 0.25) is 5.02 Å². The lowest BCUT2D eigenvalue weighted by atomic mass is 10.1. The molecule has 0 aliphatic rings. The second-order valence-electron chi connectivity index (χ2n) is 5.14. The highest BCUT2D eigenvalue weighted by Gasteiger charge is 2.21. The van der Waals surface area contributed by atoms with Crippen LogP contribution in [0.3, 0.4) is 0 Å². The first-order valence-electron chi connectivity index (χ1n) is 7.55. The van der Waals surface area contributed by atoms with E-state index in [1.165, 1.54) is 12.0 Å². The summed E-state index contributed by atoms with van der Waals surface area (Å²) in [6.45, 7) is 2.51. The lowest BCUT2D eigenvalue weighted by Gasteiger charge is -2.25. The Morgan fingerprint density at radius 1 is 1.29 bits per heavy atom. The minimum Gasteiger partial charge on any atom is -0.469 e. The maximum absolute atomic E-state index is 12.4. The van der Waals surface area contributed by atoms with Gasteiger partial charge < -0.3 is 24.8 Å². The zero-order chi connectivity index (χ0) is 17.9. The van der Waals surface area contributed by atoms with Crippen molar-refractivity contribution < 1.29 is 24.2 Å². The van der Waals surface area contributed by atoms with E-state index in [1.807, 2.05) is 0 Å². The number of methoxy groups -OCH3 is 1. The second kappa shape index (κ2) is 10.9. The number of aliphatic hydroxyl groups excluding tert-OH is 1. The standard InChI is InChI=1S/C16H23ClN2O5/c1-12(15(21)23-2)11-19(7-9-24-10-8-20)16(22)18-14-5-3-13(17)4-6-14/h3-6,12,20H,7-11H2,1-2H3,(H,18,22). The molecule has 2 N–H and O–H groups in total. The number of esters is 1. The van der Waals surface area contributed by atoms with Gasteiger partial charge in [0.25, 0.3) is 0 Å². The third kappa shape index (κ3) is 7.16. The van der Waals surface area contributed by atoms with Crippen LogP contribution in [0.4, 0.5) is 10.5 Å². The molecule has 7 nitrogen and oxygen atoms in total. The summed E-state index contributed by atoms with van der Waals surface area (Å²) in [5.41, 5.74) is 0.594. The number of carbonyl (C=O) groups excluding carboxylic acids is 2. The van der Waals surface area contributed by atoms with Gasteiger partial charge in [0.2, 0.25) is 0 Å². The molecule has 0 fully saturated rings. The number of nitrogens with one attached hydrogen (secondary N) is 1. The fourth-order valence-corrected chi connectivity index (χ4v) is 2.09. The maximum atomic E-state index is 12.4. The zero-order valence-corrected chi connectivity index (χ0v) is 14.6. The number of hydrogen-bond acceptors (Lipinski definition) is 5. The minimum atomic E-state index is -0.469. The molecular weight excluding hydrogens is 336 g/mol. The highest BCUT2D eigenvalue weighted by Crippen LogP contribution is 2.14. The van der Waals surface area contributed by atoms with Crippen LogP contribution in [0.25, 0.3) is 0 Å². The number of urea groups is 1. The Balaban J connectivity index is 2.68. The molecule has 0 bridgehead atoms. The first-order chi connectivity index (χ1) is 11.5. The van der Waals surface area contributed by atoms with Gasteiger partial charge in [-0.25, -0.2) is 4.79 Å². The van der Waals surface area contributed by atoms with E-state index in [0.717, 1.165) is 0 Å². The number of hydrogen-bond donors (Lipinski definition) is 2. The van der Waals surface area contributed by atoms with E-state index in [0.29, 0.717) is 10.7 Å². The van der Waals surface area contributed by atoms with Crippen molar-refractivity contribution in [1.82, 2.24) is 4.90 Å². The molecule has 0 spiro atoms. The average Bonchev–Trinajstić information content (AvgIpc) is 2.58. The van der Waals surface area contributed by atoms with Crippen molar-refractivity contribution in [3.8, 4) is 0 Å². The molecule has 1 atom stereocenters. The molecule has 0 aromatic heterocycles. The van der Waals surface area contributed by atoms with Crippen molar-refractivity contribution in [2.24, 2.45) is 5.92 Å². The van der Waals surface area contributed by atoms with Crippen molar-refractivity contribution in [2.75, 3.05) is 45.3 Å². The van der Waals surface area contributed by atoms with Crippen LogP contribution in [-0.2, 0) is 14.3 Å². The molecule has 1 aromatic rings. The molecule has 1 rings (SSSR count). The van der Waals surface area contributed by atoms with E-state index in [1.54, 1.807) is 31.2 Å². The molecule has 2 amide bonds. The number of benzene rings is 1. The van der Waals surface area contributed by atoms with Gasteiger partial charge in [0.15, 0.2) is 0 Å². The second-order valence-corrected chi connectivity index (χ2v) is 5.58. The molecule has 134 valence electrons. The van der Waals surface area contributed by atoms with E-state index in [-0.39, 0.29) is 38.9 Å². The van der Waals surface area contributed by atoms with Gasteiger partial charge in [0, 0.05) is 23.8 Å². The van der Waals surface area contributed by atoms with Crippen LogP contribution in [0.15, 0.2) is 24.3 Å². The number of anilines is 1. The average molecular weight is 359 g/mol. The van der Waals surface area contributed by atoms with E-state index in [9.17, 15) is 9.59 Å². The monoisotopic (exact) mass is 358 g/mol. The highest BCUT2D eigenvalue weighted by molar-refractivity contribution is 6.30. The lowest BCUT2D eigenvalue weighted by molar-refractivity contribution is -0.145. The normalized spacial score (nSPS) is 11.7. The van der Waals surface area contributed by atoms with Gasteiger partial charge in [-0.15, -0.1) is 0 Å². The van der Waals surface area contributed by atoms with Crippen LogP contribution in [0, 0.1) is 5.92 Å². The molecule has 0 heterocycles. The van der Waals surface area contributed by atoms with E-state index >= 15 is 0 Å². The van der Waals surface area contributed by atoms with Crippen LogP contribution >= 0.6 is 11.6 Å². The summed E-state index contributed by atoms with van der Waals surface area (Å²) >= 11 is 5.82. The predicted octanol–water partition coefficient (Wildman–Crippen LogP) is 1.99. The molecule has 1 unspecified atom stereocenters. The largest absolute Gasteiger partial charge is 0.469 e. The number of nitrogens with zero attached hydrogens (tertiary/aromatic N) is 1. The molecule has 0 radical (unpaired) electrons. The minimum absolute atomic E-state index is 0.0878. The Bertz CT molecular complexity index is 524. The number of rotatable bonds is 9. The first-order valence-corrected chi connectivity index (χ1v) is 7.93. The van der Waals surface area contributed by atoms with E-state index in [4.69, 9.17) is 26.2 Å². The number of halogens is 1. The summed E-state index contributed by atoms with van der Waals surface area (Å²) in [7, 11) is 1.31. The first kappa shape index (κ1) is 20.2. The Morgan fingerprint density at radius 3 is 2.54 bits per heavy atom. The third-order valence-corrected chi connectivity index (χ3v) is 3.47. The van der Waals surface area contributed by atoms with Crippen molar-refractivity contribution in [3.05, 3.63) is 29.3 Å². The third-order valence-electron chi connectivity index (χ3n) is 3.22. The predicted molar refractivity (Wildman–Crippen MR) is 91.1 cm³/mol. The van der Waals surface area contributed by atoms with Crippen LogP contribution in [0.1, 0.15) is 6.92 Å². The van der Waals surface area contributed by atoms with Crippen molar-refractivity contribution >= 4 is 29.3 Å². The van der Waals surface area contributed by atoms with Gasteiger partial charge in [-0.1, -0.05) is 18.5 Å². The molecule has 24 heavy (non-hydrogen) atoms. The zero-order valence-electron chi connectivity index (χ0n) is 13.8. The van der Waals surface area contributed by atoms with E-state index < -0.39 is 11.9 Å². The smallest absolute Gasteiger partial charge is 0.321 e. The Hall–Kier alpha value is -1.83. The van der Waals surface area contributed by atoms with Gasteiger partial charge in [0.05, 0.1) is 32.8 Å². The molecule has 0 saturated carbocycles. The molecule has 8 heteroatoms. The fourth-order valence-electron chi connectivity index (χ4n) is 1.96. The molecule has 0 aliphatic heterocycles. The Morgan fingerprint density at radius 2 is 1.96 bits per heavy atom. The number of ether oxygens (including phenoxy) is 2. The fraction of sp³-hybridized carbons (Fsp3) is 0.500. The lowest BCUT2D eigenvalue weighted by Crippen LogP contribution is -2.41. The number of amides is 2. The topological polar surface area (TPSA) is 88.1 Å². The Labute approximate surface area is 146 Å².